The Kier molecular flexibility index (Phi) is 2.77. The number of benzene rings is 1. The summed E-state index contributed by atoms with van der Waals surface area (Å²) in [7, 11) is 1.68. The molecule has 0 aromatic heterocycles. The average Bonchev–Trinajstić information content (AvgIpc) is 2.76. The molecule has 2 aliphatic heterocycles. The molecule has 0 spiro atoms. The quantitative estimate of drug-likeness (QED) is 0.809. The van der Waals surface area contributed by atoms with Crippen molar-refractivity contribution in [3.05, 3.63) is 29.3 Å². The number of fused-ring (bicyclic) bond motifs is 5. The molecule has 3 aliphatic rings. The molecule has 3 amide bonds. The van der Waals surface area contributed by atoms with Gasteiger partial charge in [0.2, 0.25) is 0 Å². The normalized spacial score (nSPS) is 32.9. The van der Waals surface area contributed by atoms with E-state index in [1.807, 2.05) is 17.9 Å². The summed E-state index contributed by atoms with van der Waals surface area (Å²) in [6, 6.07) is 6.12. The first kappa shape index (κ1) is 13.6. The van der Waals surface area contributed by atoms with E-state index in [1.165, 1.54) is 11.1 Å². The number of ether oxygens (including phenoxy) is 1. The highest BCUT2D eigenvalue weighted by Crippen LogP contribution is 2.48. The fourth-order valence-electron chi connectivity index (χ4n) is 4.47. The van der Waals surface area contributed by atoms with Crippen molar-refractivity contribution in [2.45, 2.75) is 50.1 Å². The summed E-state index contributed by atoms with van der Waals surface area (Å²) in [5.41, 5.74) is 1.96. The van der Waals surface area contributed by atoms with Crippen LogP contribution in [0.15, 0.2) is 18.2 Å². The lowest BCUT2D eigenvalue weighted by Gasteiger charge is -2.49. The molecule has 0 saturated carbocycles. The maximum Gasteiger partial charge on any atom is 0.325 e. The summed E-state index contributed by atoms with van der Waals surface area (Å²) in [4.78, 5) is 26.2. The first-order chi connectivity index (χ1) is 10.5. The number of rotatable bonds is 1. The number of carbonyl (C=O) groups excluding carboxylic acids is 2. The number of carbonyl (C=O) groups is 2. The van der Waals surface area contributed by atoms with Gasteiger partial charge in [0, 0.05) is 12.0 Å². The molecule has 116 valence electrons. The van der Waals surface area contributed by atoms with Gasteiger partial charge < -0.3 is 9.64 Å². The Morgan fingerprint density at radius 2 is 2.14 bits per heavy atom. The van der Waals surface area contributed by atoms with Gasteiger partial charge in [-0.15, -0.1) is 0 Å². The van der Waals surface area contributed by atoms with Crippen molar-refractivity contribution in [2.24, 2.45) is 0 Å². The summed E-state index contributed by atoms with van der Waals surface area (Å²) in [6.07, 6.45) is 3.48. The van der Waals surface area contributed by atoms with Crippen molar-refractivity contribution < 1.29 is 14.3 Å². The third kappa shape index (κ3) is 1.65. The molecule has 4 rings (SSSR count). The molecule has 0 radical (unpaired) electrons. The summed E-state index contributed by atoms with van der Waals surface area (Å²) < 4.78 is 5.31. The van der Waals surface area contributed by atoms with Gasteiger partial charge in [-0.05, 0) is 55.9 Å². The second-order valence-electron chi connectivity index (χ2n) is 6.72. The number of piperidine rings is 1. The maximum atomic E-state index is 12.3. The predicted molar refractivity (Wildman–Crippen MR) is 80.9 cm³/mol. The Hall–Kier alpha value is -2.04. The van der Waals surface area contributed by atoms with Crippen molar-refractivity contribution in [2.75, 3.05) is 7.11 Å². The zero-order valence-corrected chi connectivity index (χ0v) is 12.9. The average molecular weight is 300 g/mol. The second-order valence-corrected chi connectivity index (χ2v) is 6.72. The van der Waals surface area contributed by atoms with E-state index in [0.717, 1.165) is 31.4 Å². The molecule has 5 heteroatoms. The first-order valence-corrected chi connectivity index (χ1v) is 7.86. The Labute approximate surface area is 129 Å². The predicted octanol–water partition coefficient (Wildman–Crippen LogP) is 2.20. The van der Waals surface area contributed by atoms with Gasteiger partial charge in [0.25, 0.3) is 5.91 Å². The van der Waals surface area contributed by atoms with Crippen molar-refractivity contribution in [1.29, 1.82) is 0 Å². The number of nitrogens with one attached hydrogen (secondary N) is 1. The van der Waals surface area contributed by atoms with E-state index in [0.29, 0.717) is 5.92 Å². The Morgan fingerprint density at radius 3 is 2.91 bits per heavy atom. The van der Waals surface area contributed by atoms with Gasteiger partial charge in [-0.3, -0.25) is 10.1 Å². The van der Waals surface area contributed by atoms with Crippen LogP contribution in [0.2, 0.25) is 0 Å². The Morgan fingerprint density at radius 1 is 1.32 bits per heavy atom. The van der Waals surface area contributed by atoms with Crippen LogP contribution in [0.5, 0.6) is 5.75 Å². The highest BCUT2D eigenvalue weighted by atomic mass is 16.5. The summed E-state index contributed by atoms with van der Waals surface area (Å²) >= 11 is 0. The molecule has 22 heavy (non-hydrogen) atoms. The van der Waals surface area contributed by atoms with E-state index in [-0.39, 0.29) is 18.0 Å². The van der Waals surface area contributed by atoms with E-state index in [1.54, 1.807) is 7.11 Å². The summed E-state index contributed by atoms with van der Waals surface area (Å²) in [5, 5.41) is 2.50. The van der Waals surface area contributed by atoms with Gasteiger partial charge in [0.1, 0.15) is 11.3 Å². The summed E-state index contributed by atoms with van der Waals surface area (Å²) in [5.74, 6) is 1.06. The van der Waals surface area contributed by atoms with Crippen molar-refractivity contribution in [3.8, 4) is 5.75 Å². The van der Waals surface area contributed by atoms with E-state index in [4.69, 9.17) is 4.74 Å². The van der Waals surface area contributed by atoms with Crippen LogP contribution < -0.4 is 10.1 Å². The summed E-state index contributed by atoms with van der Waals surface area (Å²) in [6.45, 7) is 1.90. The molecule has 3 atom stereocenters. The molecule has 1 aliphatic carbocycles. The lowest BCUT2D eigenvalue weighted by Crippen LogP contribution is -2.58. The minimum absolute atomic E-state index is 0.117. The first-order valence-electron chi connectivity index (χ1n) is 7.86. The third-order valence-electron chi connectivity index (χ3n) is 5.66. The largest absolute Gasteiger partial charge is 0.497 e. The third-order valence-corrected chi connectivity index (χ3v) is 5.66. The molecule has 2 fully saturated rings. The van der Waals surface area contributed by atoms with Crippen LogP contribution in [-0.2, 0) is 11.2 Å². The van der Waals surface area contributed by atoms with Crippen LogP contribution in [0.4, 0.5) is 4.79 Å². The van der Waals surface area contributed by atoms with Crippen molar-refractivity contribution in [1.82, 2.24) is 10.2 Å². The van der Waals surface area contributed by atoms with E-state index >= 15 is 0 Å². The molecule has 1 aromatic rings. The van der Waals surface area contributed by atoms with E-state index in [2.05, 4.69) is 17.4 Å². The fraction of sp³-hybridized carbons (Fsp3) is 0.529. The molecule has 1 N–H and O–H groups in total. The molecule has 2 saturated heterocycles. The van der Waals surface area contributed by atoms with Crippen LogP contribution in [-0.4, -0.2) is 35.5 Å². The second kappa shape index (κ2) is 4.48. The minimum atomic E-state index is -0.664. The smallest absolute Gasteiger partial charge is 0.325 e. The van der Waals surface area contributed by atoms with Gasteiger partial charge in [0.05, 0.1) is 7.11 Å². The van der Waals surface area contributed by atoms with E-state index < -0.39 is 5.54 Å². The number of imide groups is 1. The number of urea groups is 1. The van der Waals surface area contributed by atoms with Gasteiger partial charge in [0.15, 0.2) is 0 Å². The van der Waals surface area contributed by atoms with Gasteiger partial charge in [-0.2, -0.15) is 0 Å². The zero-order chi connectivity index (χ0) is 15.5. The van der Waals surface area contributed by atoms with Crippen LogP contribution in [0, 0.1) is 0 Å². The zero-order valence-electron chi connectivity index (χ0n) is 12.9. The van der Waals surface area contributed by atoms with Crippen LogP contribution in [0.3, 0.4) is 0 Å². The lowest BCUT2D eigenvalue weighted by molar-refractivity contribution is -0.128. The van der Waals surface area contributed by atoms with Gasteiger partial charge in [-0.1, -0.05) is 6.07 Å². The molecule has 2 heterocycles. The number of methoxy groups -OCH3 is 1. The molecule has 0 bridgehead atoms. The SMILES string of the molecule is COc1ccc2c(c1)CCC1C2CCC2(C)C(=O)NC(=O)N12. The molecule has 5 nitrogen and oxygen atoms in total. The van der Waals surface area contributed by atoms with Gasteiger partial charge in [-0.25, -0.2) is 4.79 Å². The fourth-order valence-corrected chi connectivity index (χ4v) is 4.47. The number of hydrogen-bond acceptors (Lipinski definition) is 3. The Balaban J connectivity index is 1.74. The van der Waals surface area contributed by atoms with Crippen molar-refractivity contribution >= 4 is 11.9 Å². The topological polar surface area (TPSA) is 58.6 Å². The molecule has 3 unspecified atom stereocenters. The lowest BCUT2D eigenvalue weighted by atomic mass is 9.70. The van der Waals surface area contributed by atoms with Crippen LogP contribution in [0.1, 0.15) is 43.2 Å². The van der Waals surface area contributed by atoms with Crippen LogP contribution in [0.25, 0.3) is 0 Å². The molecular formula is C17H20N2O3. The van der Waals surface area contributed by atoms with Crippen LogP contribution >= 0.6 is 0 Å². The Bertz CT molecular complexity index is 672. The number of hydrogen-bond donors (Lipinski definition) is 1. The monoisotopic (exact) mass is 300 g/mol. The number of amides is 3. The highest BCUT2D eigenvalue weighted by Gasteiger charge is 2.56. The van der Waals surface area contributed by atoms with Gasteiger partial charge >= 0.3 is 6.03 Å². The standard InChI is InChI=1S/C17H20N2O3/c1-17-8-7-13-12-5-4-11(22-2)9-10(12)3-6-14(13)19(17)16(21)18-15(17)20/h4-5,9,13-14H,3,6-8H2,1-2H3,(H,18,20,21). The van der Waals surface area contributed by atoms with E-state index in [9.17, 15) is 9.59 Å². The van der Waals surface area contributed by atoms with Crippen molar-refractivity contribution in [3.63, 3.8) is 0 Å². The maximum absolute atomic E-state index is 12.3. The number of nitrogens with zero attached hydrogens (tertiary/aromatic N) is 1. The minimum Gasteiger partial charge on any atom is -0.497 e. The molecule has 1 aromatic carbocycles. The number of aryl methyl sites for hydroxylation is 1. The molecular weight excluding hydrogens is 280 g/mol. The highest BCUT2D eigenvalue weighted by molar-refractivity contribution is 6.07.